The lowest BCUT2D eigenvalue weighted by molar-refractivity contribution is -0.124. The van der Waals surface area contributed by atoms with Gasteiger partial charge in [0.2, 0.25) is 21.8 Å². The summed E-state index contributed by atoms with van der Waals surface area (Å²) in [6, 6.07) is 16.4. The molecule has 0 aromatic heterocycles. The van der Waals surface area contributed by atoms with Gasteiger partial charge >= 0.3 is 0 Å². The smallest absolute Gasteiger partial charge is 0.243 e. The molecule has 0 spiro atoms. The van der Waals surface area contributed by atoms with Gasteiger partial charge in [-0.25, -0.2) is 8.42 Å². The third-order valence-electron chi connectivity index (χ3n) is 8.15. The maximum Gasteiger partial charge on any atom is 0.243 e. The van der Waals surface area contributed by atoms with Gasteiger partial charge in [0.25, 0.3) is 0 Å². The Balaban J connectivity index is 1.69. The van der Waals surface area contributed by atoms with Crippen molar-refractivity contribution in [2.24, 2.45) is 5.92 Å². The highest BCUT2D eigenvalue weighted by atomic mass is 32.2. The van der Waals surface area contributed by atoms with Gasteiger partial charge in [0.1, 0.15) is 5.75 Å². The molecule has 0 bridgehead atoms. The van der Waals surface area contributed by atoms with Crippen molar-refractivity contribution in [2.75, 3.05) is 29.9 Å². The Morgan fingerprint density at radius 1 is 0.977 bits per heavy atom. The Bertz CT molecular complexity index is 1610. The molecule has 2 amide bonds. The van der Waals surface area contributed by atoms with Crippen molar-refractivity contribution in [3.8, 4) is 11.5 Å². The minimum atomic E-state index is -3.79. The first kappa shape index (κ1) is 32.2. The molecule has 1 heterocycles. The fourth-order valence-corrected chi connectivity index (χ4v) is 6.82. The second kappa shape index (κ2) is 13.3. The molecule has 1 saturated heterocycles. The van der Waals surface area contributed by atoms with Crippen LogP contribution in [-0.4, -0.2) is 44.2 Å². The molecule has 8 nitrogen and oxygen atoms in total. The number of sulfonamides is 1. The van der Waals surface area contributed by atoms with Crippen LogP contribution in [0.2, 0.25) is 0 Å². The molecule has 1 atom stereocenters. The Morgan fingerprint density at radius 2 is 1.70 bits per heavy atom. The van der Waals surface area contributed by atoms with E-state index < -0.39 is 15.9 Å². The largest absolute Gasteiger partial charge is 0.455 e. The lowest BCUT2D eigenvalue weighted by atomic mass is 9.95. The molecule has 230 valence electrons. The second-order valence-corrected chi connectivity index (χ2v) is 13.5. The summed E-state index contributed by atoms with van der Waals surface area (Å²) in [6.45, 7) is 14.6. The fraction of sp³-hybridized carbons (Fsp3) is 0.412. The number of nitrogens with zero attached hydrogens (tertiary/aromatic N) is 2. The van der Waals surface area contributed by atoms with Crippen LogP contribution < -0.4 is 15.0 Å². The number of benzene rings is 3. The first-order valence-electron chi connectivity index (χ1n) is 15.0. The molecule has 1 aliphatic rings. The van der Waals surface area contributed by atoms with Crippen LogP contribution in [0.4, 0.5) is 11.4 Å². The fourth-order valence-electron chi connectivity index (χ4n) is 5.33. The Hall–Kier alpha value is -3.69. The number of hydrogen-bond donors (Lipinski definition) is 1. The van der Waals surface area contributed by atoms with Crippen LogP contribution in [0.5, 0.6) is 11.5 Å². The lowest BCUT2D eigenvalue weighted by Gasteiger charge is -2.32. The van der Waals surface area contributed by atoms with Crippen molar-refractivity contribution in [2.45, 2.75) is 72.1 Å². The topological polar surface area (TPSA) is 96.0 Å². The van der Waals surface area contributed by atoms with Crippen LogP contribution in [0.3, 0.4) is 0 Å². The molecule has 1 unspecified atom stereocenters. The second-order valence-electron chi connectivity index (χ2n) is 11.5. The first-order chi connectivity index (χ1) is 20.3. The molecule has 1 N–H and O–H groups in total. The minimum absolute atomic E-state index is 0.0238. The van der Waals surface area contributed by atoms with Crippen LogP contribution in [0, 0.1) is 26.7 Å². The molecule has 1 aliphatic heterocycles. The van der Waals surface area contributed by atoms with Gasteiger partial charge in [-0.3, -0.25) is 9.59 Å². The van der Waals surface area contributed by atoms with E-state index in [-0.39, 0.29) is 41.3 Å². The van der Waals surface area contributed by atoms with E-state index in [4.69, 9.17) is 4.74 Å². The molecular formula is C34H43N3O5S. The van der Waals surface area contributed by atoms with Crippen LogP contribution in [0.1, 0.15) is 68.7 Å². The summed E-state index contributed by atoms with van der Waals surface area (Å²) in [5.41, 5.74) is 5.25. The van der Waals surface area contributed by atoms with Gasteiger partial charge < -0.3 is 15.0 Å². The van der Waals surface area contributed by atoms with E-state index in [1.165, 1.54) is 16.4 Å². The highest BCUT2D eigenvalue weighted by molar-refractivity contribution is 7.89. The van der Waals surface area contributed by atoms with Crippen LogP contribution in [0.25, 0.3) is 0 Å². The summed E-state index contributed by atoms with van der Waals surface area (Å²) in [4.78, 5) is 28.4. The SMILES string of the molecule is CCN(CC)S(=O)(=O)c1ccc(Oc2cc(C)ccc2C(C)C)c(NC(=O)C2CCC(=O)N(c3ccc(C)c(C)c3)C2)c1. The molecule has 0 radical (unpaired) electrons. The van der Waals surface area contributed by atoms with E-state index in [1.807, 2.05) is 57.2 Å². The van der Waals surface area contributed by atoms with E-state index in [2.05, 4.69) is 19.2 Å². The quantitative estimate of drug-likeness (QED) is 0.270. The van der Waals surface area contributed by atoms with Crippen molar-refractivity contribution in [1.82, 2.24) is 4.31 Å². The molecule has 3 aromatic rings. The van der Waals surface area contributed by atoms with Crippen molar-refractivity contribution >= 4 is 33.2 Å². The molecule has 0 saturated carbocycles. The number of carbonyl (C=O) groups excluding carboxylic acids is 2. The van der Waals surface area contributed by atoms with Gasteiger partial charge in [0, 0.05) is 31.7 Å². The number of aryl methyl sites for hydroxylation is 3. The molecule has 0 aliphatic carbocycles. The predicted molar refractivity (Wildman–Crippen MR) is 172 cm³/mol. The van der Waals surface area contributed by atoms with Crippen LogP contribution >= 0.6 is 0 Å². The number of hydrogen-bond acceptors (Lipinski definition) is 5. The standard InChI is InChI=1S/C34H43N3O5S/c1-8-36(9-2)43(40,41)28-14-16-31(42-32-18-23(5)10-15-29(32)22(3)4)30(20-28)35-34(39)26-12-17-33(38)37(21-26)27-13-11-24(6)25(7)19-27/h10-11,13-16,18-20,22,26H,8-9,12,17,21H2,1-7H3,(H,35,39). The monoisotopic (exact) mass is 605 g/mol. The summed E-state index contributed by atoms with van der Waals surface area (Å²) in [6.07, 6.45) is 0.640. The normalized spacial score (nSPS) is 15.7. The van der Waals surface area contributed by atoms with E-state index in [9.17, 15) is 18.0 Å². The number of nitrogens with one attached hydrogen (secondary N) is 1. The third kappa shape index (κ3) is 7.11. The van der Waals surface area contributed by atoms with Gasteiger partial charge in [-0.15, -0.1) is 0 Å². The number of rotatable bonds is 10. The van der Waals surface area contributed by atoms with Crippen LogP contribution in [0.15, 0.2) is 59.5 Å². The molecule has 3 aromatic carbocycles. The van der Waals surface area contributed by atoms with Crippen molar-refractivity contribution in [3.63, 3.8) is 0 Å². The zero-order valence-electron chi connectivity index (χ0n) is 26.2. The van der Waals surface area contributed by atoms with Crippen molar-refractivity contribution in [1.29, 1.82) is 0 Å². The number of ether oxygens (including phenoxy) is 1. The molecule has 9 heteroatoms. The van der Waals surface area contributed by atoms with Crippen molar-refractivity contribution < 1.29 is 22.7 Å². The molecule has 1 fully saturated rings. The third-order valence-corrected chi connectivity index (χ3v) is 10.2. The van der Waals surface area contributed by atoms with Gasteiger partial charge in [-0.2, -0.15) is 4.31 Å². The maximum absolute atomic E-state index is 13.7. The number of piperidine rings is 1. The minimum Gasteiger partial charge on any atom is -0.455 e. The summed E-state index contributed by atoms with van der Waals surface area (Å²) >= 11 is 0. The number of anilines is 2. The van der Waals surface area contributed by atoms with Gasteiger partial charge in [0.15, 0.2) is 5.75 Å². The van der Waals surface area contributed by atoms with E-state index in [0.29, 0.717) is 31.0 Å². The Morgan fingerprint density at radius 3 is 2.35 bits per heavy atom. The number of amides is 2. The predicted octanol–water partition coefficient (Wildman–Crippen LogP) is 6.94. The van der Waals surface area contributed by atoms with Crippen LogP contribution in [-0.2, 0) is 19.6 Å². The highest BCUT2D eigenvalue weighted by Gasteiger charge is 2.32. The summed E-state index contributed by atoms with van der Waals surface area (Å²) in [5.74, 6) is 0.375. The Kier molecular flexibility index (Phi) is 9.97. The maximum atomic E-state index is 13.7. The summed E-state index contributed by atoms with van der Waals surface area (Å²) < 4.78 is 34.6. The van der Waals surface area contributed by atoms with Gasteiger partial charge in [-0.05, 0) is 91.8 Å². The highest BCUT2D eigenvalue weighted by Crippen LogP contribution is 2.37. The number of carbonyl (C=O) groups is 2. The van der Waals surface area contributed by atoms with Gasteiger partial charge in [0.05, 0.1) is 16.5 Å². The van der Waals surface area contributed by atoms with E-state index >= 15 is 0 Å². The zero-order valence-corrected chi connectivity index (χ0v) is 27.0. The summed E-state index contributed by atoms with van der Waals surface area (Å²) in [7, 11) is -3.79. The molecular weight excluding hydrogens is 562 g/mol. The zero-order chi connectivity index (χ0) is 31.5. The van der Waals surface area contributed by atoms with Crippen molar-refractivity contribution in [3.05, 3.63) is 76.9 Å². The van der Waals surface area contributed by atoms with E-state index in [0.717, 1.165) is 27.9 Å². The first-order valence-corrected chi connectivity index (χ1v) is 16.4. The lowest BCUT2D eigenvalue weighted by Crippen LogP contribution is -2.44. The Labute approximate surface area is 256 Å². The van der Waals surface area contributed by atoms with Gasteiger partial charge in [-0.1, -0.05) is 45.9 Å². The average molecular weight is 606 g/mol. The summed E-state index contributed by atoms with van der Waals surface area (Å²) in [5, 5.41) is 2.97. The molecule has 4 rings (SSSR count). The average Bonchev–Trinajstić information content (AvgIpc) is 2.96. The van der Waals surface area contributed by atoms with E-state index in [1.54, 1.807) is 24.8 Å². The molecule has 43 heavy (non-hydrogen) atoms.